The molecule has 0 heterocycles. The number of benzene rings is 1. The van der Waals surface area contributed by atoms with Crippen molar-refractivity contribution >= 4 is 21.7 Å². The van der Waals surface area contributed by atoms with Gasteiger partial charge in [-0.2, -0.15) is 0 Å². The zero-order valence-corrected chi connectivity index (χ0v) is 8.76. The first kappa shape index (κ1) is 10.2. The predicted molar refractivity (Wildman–Crippen MR) is 54.1 cm³/mol. The first-order valence-electron chi connectivity index (χ1n) is 3.82. The standard InChI is InChI=1S/C9H10BrNO2/c1-11-5-8(12)6-3-2-4-7(10)9(6)13/h2-4,11,13H,5H2,1H3. The van der Waals surface area contributed by atoms with Gasteiger partial charge in [-0.3, -0.25) is 4.79 Å². The molecule has 70 valence electrons. The topological polar surface area (TPSA) is 49.3 Å². The SMILES string of the molecule is CNCC(=O)c1cccc(Br)c1O. The number of phenols is 1. The van der Waals surface area contributed by atoms with Crippen LogP contribution in [0.1, 0.15) is 10.4 Å². The third-order valence-corrected chi connectivity index (χ3v) is 2.26. The summed E-state index contributed by atoms with van der Waals surface area (Å²) >= 11 is 3.14. The van der Waals surface area contributed by atoms with Crippen LogP contribution in [0.3, 0.4) is 0 Å². The van der Waals surface area contributed by atoms with Crippen molar-refractivity contribution in [3.05, 3.63) is 28.2 Å². The predicted octanol–water partition coefficient (Wildman–Crippen LogP) is 1.56. The highest BCUT2D eigenvalue weighted by molar-refractivity contribution is 9.10. The van der Waals surface area contributed by atoms with Gasteiger partial charge in [0.2, 0.25) is 0 Å². The molecule has 0 bridgehead atoms. The van der Waals surface area contributed by atoms with E-state index in [1.54, 1.807) is 25.2 Å². The molecule has 0 atom stereocenters. The Labute approximate surface area is 84.9 Å². The van der Waals surface area contributed by atoms with Gasteiger partial charge in [-0.25, -0.2) is 0 Å². The molecule has 1 rings (SSSR count). The van der Waals surface area contributed by atoms with Crippen LogP contribution in [0.5, 0.6) is 5.75 Å². The minimum Gasteiger partial charge on any atom is -0.506 e. The molecule has 4 heteroatoms. The third-order valence-electron chi connectivity index (χ3n) is 1.62. The summed E-state index contributed by atoms with van der Waals surface area (Å²) in [4.78, 5) is 11.4. The minimum absolute atomic E-state index is 0.00255. The first-order chi connectivity index (χ1) is 6.16. The third kappa shape index (κ3) is 2.29. The van der Waals surface area contributed by atoms with E-state index in [1.807, 2.05) is 0 Å². The number of hydrogen-bond donors (Lipinski definition) is 2. The maximum Gasteiger partial charge on any atom is 0.180 e. The molecule has 3 nitrogen and oxygen atoms in total. The summed E-state index contributed by atoms with van der Waals surface area (Å²) in [6.07, 6.45) is 0. The van der Waals surface area contributed by atoms with Gasteiger partial charge in [0.15, 0.2) is 5.78 Å². The van der Waals surface area contributed by atoms with Gasteiger partial charge in [-0.1, -0.05) is 6.07 Å². The molecular formula is C9H10BrNO2. The number of aromatic hydroxyl groups is 1. The number of ketones is 1. The quantitative estimate of drug-likeness (QED) is 0.793. The van der Waals surface area contributed by atoms with Gasteiger partial charge in [0.1, 0.15) is 5.75 Å². The van der Waals surface area contributed by atoms with E-state index in [2.05, 4.69) is 21.2 Å². The number of carbonyl (C=O) groups excluding carboxylic acids is 1. The fourth-order valence-corrected chi connectivity index (χ4v) is 1.36. The van der Waals surface area contributed by atoms with Crippen molar-refractivity contribution in [3.8, 4) is 5.75 Å². The molecule has 0 spiro atoms. The average Bonchev–Trinajstić information content (AvgIpc) is 2.10. The Kier molecular flexibility index (Phi) is 3.45. The van der Waals surface area contributed by atoms with Gasteiger partial charge in [-0.15, -0.1) is 0 Å². The summed E-state index contributed by atoms with van der Waals surface area (Å²) < 4.78 is 0.537. The van der Waals surface area contributed by atoms with Gasteiger partial charge < -0.3 is 10.4 Å². The summed E-state index contributed by atoms with van der Waals surface area (Å²) in [5.74, 6) is -0.121. The molecule has 0 aliphatic carbocycles. The number of likely N-dealkylation sites (N-methyl/N-ethyl adjacent to an activating group) is 1. The van der Waals surface area contributed by atoms with E-state index >= 15 is 0 Å². The Balaban J connectivity index is 3.01. The van der Waals surface area contributed by atoms with E-state index in [-0.39, 0.29) is 18.1 Å². The monoisotopic (exact) mass is 243 g/mol. The lowest BCUT2D eigenvalue weighted by atomic mass is 10.1. The largest absolute Gasteiger partial charge is 0.506 e. The summed E-state index contributed by atoms with van der Waals surface area (Å²) in [5, 5.41) is 12.2. The van der Waals surface area contributed by atoms with Crippen LogP contribution in [-0.2, 0) is 0 Å². The molecule has 0 saturated heterocycles. The highest BCUT2D eigenvalue weighted by Gasteiger charge is 2.11. The first-order valence-corrected chi connectivity index (χ1v) is 4.61. The lowest BCUT2D eigenvalue weighted by molar-refractivity contribution is 0.0991. The van der Waals surface area contributed by atoms with Gasteiger partial charge in [0.05, 0.1) is 16.6 Å². The molecule has 2 N–H and O–H groups in total. The Morgan fingerprint density at radius 1 is 1.62 bits per heavy atom. The fraction of sp³-hybridized carbons (Fsp3) is 0.222. The van der Waals surface area contributed by atoms with Crippen molar-refractivity contribution in [2.24, 2.45) is 0 Å². The van der Waals surface area contributed by atoms with Crippen LogP contribution in [0.25, 0.3) is 0 Å². The van der Waals surface area contributed by atoms with Crippen molar-refractivity contribution in [2.75, 3.05) is 13.6 Å². The summed E-state index contributed by atoms with van der Waals surface area (Å²) in [7, 11) is 1.69. The molecule has 0 aliphatic rings. The molecule has 1 aromatic carbocycles. The molecule has 1 aromatic rings. The number of carbonyl (C=O) groups is 1. The number of hydrogen-bond acceptors (Lipinski definition) is 3. The number of nitrogens with one attached hydrogen (secondary N) is 1. The van der Waals surface area contributed by atoms with Crippen LogP contribution in [0.15, 0.2) is 22.7 Å². The van der Waals surface area contributed by atoms with Crippen molar-refractivity contribution < 1.29 is 9.90 Å². The number of halogens is 1. The molecule has 0 radical (unpaired) electrons. The van der Waals surface area contributed by atoms with Gasteiger partial charge in [0.25, 0.3) is 0 Å². The van der Waals surface area contributed by atoms with Crippen LogP contribution >= 0.6 is 15.9 Å². The van der Waals surface area contributed by atoms with Gasteiger partial charge >= 0.3 is 0 Å². The van der Waals surface area contributed by atoms with Gasteiger partial charge in [-0.05, 0) is 35.1 Å². The normalized spacial score (nSPS) is 10.0. The Bertz CT molecular complexity index is 325. The summed E-state index contributed by atoms with van der Waals surface area (Å²) in [5.41, 5.74) is 0.337. The molecule has 0 saturated carbocycles. The number of Topliss-reactive ketones (excluding diaryl/α,β-unsaturated/α-hetero) is 1. The molecule has 0 amide bonds. The van der Waals surface area contributed by atoms with E-state index in [9.17, 15) is 9.90 Å². The second kappa shape index (κ2) is 4.39. The Hall–Kier alpha value is -0.870. The van der Waals surface area contributed by atoms with Crippen molar-refractivity contribution in [2.45, 2.75) is 0 Å². The zero-order valence-electron chi connectivity index (χ0n) is 7.17. The van der Waals surface area contributed by atoms with Crippen LogP contribution in [-0.4, -0.2) is 24.5 Å². The van der Waals surface area contributed by atoms with Crippen molar-refractivity contribution in [1.29, 1.82) is 0 Å². The lowest BCUT2D eigenvalue weighted by Gasteiger charge is -2.04. The van der Waals surface area contributed by atoms with Crippen molar-refractivity contribution in [3.63, 3.8) is 0 Å². The number of phenolic OH excluding ortho intramolecular Hbond substituents is 1. The van der Waals surface area contributed by atoms with E-state index < -0.39 is 0 Å². The smallest absolute Gasteiger partial charge is 0.180 e. The van der Waals surface area contributed by atoms with E-state index in [0.29, 0.717) is 10.0 Å². The Morgan fingerprint density at radius 3 is 2.92 bits per heavy atom. The summed E-state index contributed by atoms with van der Waals surface area (Å²) in [6.45, 7) is 0.226. The molecule has 0 unspecified atom stereocenters. The average molecular weight is 244 g/mol. The molecule has 0 fully saturated rings. The summed E-state index contributed by atoms with van der Waals surface area (Å²) in [6, 6.07) is 5.00. The number of para-hydroxylation sites is 1. The van der Waals surface area contributed by atoms with Gasteiger partial charge in [0, 0.05) is 0 Å². The Morgan fingerprint density at radius 2 is 2.31 bits per heavy atom. The molecule has 13 heavy (non-hydrogen) atoms. The van der Waals surface area contributed by atoms with Crippen LogP contribution < -0.4 is 5.32 Å². The maximum atomic E-state index is 11.4. The van der Waals surface area contributed by atoms with E-state index in [1.165, 1.54) is 0 Å². The molecule has 0 aliphatic heterocycles. The van der Waals surface area contributed by atoms with Crippen LogP contribution in [0.4, 0.5) is 0 Å². The maximum absolute atomic E-state index is 11.4. The van der Waals surface area contributed by atoms with Crippen molar-refractivity contribution in [1.82, 2.24) is 5.32 Å². The second-order valence-electron chi connectivity index (χ2n) is 2.59. The van der Waals surface area contributed by atoms with Crippen LogP contribution in [0, 0.1) is 0 Å². The molecule has 0 aromatic heterocycles. The number of rotatable bonds is 3. The highest BCUT2D eigenvalue weighted by atomic mass is 79.9. The fourth-order valence-electron chi connectivity index (χ4n) is 0.996. The minimum atomic E-state index is -0.124. The van der Waals surface area contributed by atoms with Crippen LogP contribution in [0.2, 0.25) is 0 Å². The highest BCUT2D eigenvalue weighted by Crippen LogP contribution is 2.27. The zero-order chi connectivity index (χ0) is 9.84. The molecular weight excluding hydrogens is 234 g/mol. The van der Waals surface area contributed by atoms with E-state index in [4.69, 9.17) is 0 Å². The lowest BCUT2D eigenvalue weighted by Crippen LogP contribution is -2.18. The van der Waals surface area contributed by atoms with E-state index in [0.717, 1.165) is 0 Å². The second-order valence-corrected chi connectivity index (χ2v) is 3.44.